The summed E-state index contributed by atoms with van der Waals surface area (Å²) in [6, 6.07) is 7.07. The van der Waals surface area contributed by atoms with Crippen LogP contribution in [0.25, 0.3) is 0 Å². The highest BCUT2D eigenvalue weighted by atomic mass is 19.1. The van der Waals surface area contributed by atoms with Crippen molar-refractivity contribution in [3.63, 3.8) is 0 Å². The summed E-state index contributed by atoms with van der Waals surface area (Å²) < 4.78 is 18.2. The number of unbranched alkanes of at least 4 members (excludes halogenated alkanes) is 1. The standard InChI is InChI=1S/C13H18FNO/c14-11-4-3-5-13(10-11)16-9-2-1-8-15-12-6-7-12/h3-5,10,12,15H,1-2,6-9H2. The van der Waals surface area contributed by atoms with Gasteiger partial charge in [0.15, 0.2) is 0 Å². The lowest BCUT2D eigenvalue weighted by molar-refractivity contribution is 0.304. The van der Waals surface area contributed by atoms with E-state index in [0.717, 1.165) is 25.4 Å². The molecule has 0 saturated heterocycles. The topological polar surface area (TPSA) is 21.3 Å². The highest BCUT2D eigenvalue weighted by Crippen LogP contribution is 2.18. The van der Waals surface area contributed by atoms with E-state index < -0.39 is 0 Å². The number of benzene rings is 1. The molecule has 1 N–H and O–H groups in total. The quantitative estimate of drug-likeness (QED) is 0.718. The van der Waals surface area contributed by atoms with Gasteiger partial charge >= 0.3 is 0 Å². The fourth-order valence-corrected chi connectivity index (χ4v) is 1.57. The number of halogens is 1. The van der Waals surface area contributed by atoms with Gasteiger partial charge in [-0.05, 0) is 44.4 Å². The molecule has 0 unspecified atom stereocenters. The molecule has 3 heteroatoms. The van der Waals surface area contributed by atoms with Gasteiger partial charge in [0, 0.05) is 12.1 Å². The van der Waals surface area contributed by atoms with Crippen LogP contribution in [-0.2, 0) is 0 Å². The summed E-state index contributed by atoms with van der Waals surface area (Å²) in [5.41, 5.74) is 0. The molecule has 0 aliphatic heterocycles. The zero-order chi connectivity index (χ0) is 11.2. The first-order valence-electron chi connectivity index (χ1n) is 5.96. The van der Waals surface area contributed by atoms with E-state index in [4.69, 9.17) is 4.74 Å². The van der Waals surface area contributed by atoms with Crippen LogP contribution >= 0.6 is 0 Å². The third-order valence-corrected chi connectivity index (χ3v) is 2.65. The minimum Gasteiger partial charge on any atom is -0.493 e. The van der Waals surface area contributed by atoms with Crippen LogP contribution < -0.4 is 10.1 Å². The molecule has 0 bridgehead atoms. The molecule has 1 aliphatic carbocycles. The highest BCUT2D eigenvalue weighted by Gasteiger charge is 2.19. The molecule has 0 atom stereocenters. The third kappa shape index (κ3) is 4.19. The molecule has 2 rings (SSSR count). The molecule has 2 nitrogen and oxygen atoms in total. The summed E-state index contributed by atoms with van der Waals surface area (Å²) >= 11 is 0. The summed E-state index contributed by atoms with van der Waals surface area (Å²) in [6.07, 6.45) is 4.79. The lowest BCUT2D eigenvalue weighted by Gasteiger charge is -2.06. The molecule has 0 heterocycles. The second-order valence-corrected chi connectivity index (χ2v) is 4.24. The van der Waals surface area contributed by atoms with Gasteiger partial charge in [-0.2, -0.15) is 0 Å². The molecule has 0 amide bonds. The first kappa shape index (κ1) is 11.4. The van der Waals surface area contributed by atoms with Crippen LogP contribution in [-0.4, -0.2) is 19.2 Å². The summed E-state index contributed by atoms with van der Waals surface area (Å²) in [4.78, 5) is 0. The maximum Gasteiger partial charge on any atom is 0.126 e. The average Bonchev–Trinajstić information content (AvgIpc) is 3.07. The number of hydrogen-bond acceptors (Lipinski definition) is 2. The van der Waals surface area contributed by atoms with Gasteiger partial charge in [0.05, 0.1) is 6.61 Å². The van der Waals surface area contributed by atoms with Crippen molar-refractivity contribution in [2.24, 2.45) is 0 Å². The minimum atomic E-state index is -0.243. The van der Waals surface area contributed by atoms with E-state index >= 15 is 0 Å². The fourth-order valence-electron chi connectivity index (χ4n) is 1.57. The van der Waals surface area contributed by atoms with Crippen molar-refractivity contribution in [2.75, 3.05) is 13.2 Å². The molecule has 0 spiro atoms. The van der Waals surface area contributed by atoms with Gasteiger partial charge in [0.2, 0.25) is 0 Å². The number of ether oxygens (including phenoxy) is 1. The summed E-state index contributed by atoms with van der Waals surface area (Å²) in [5, 5.41) is 3.45. The Kier molecular flexibility index (Phi) is 4.17. The average molecular weight is 223 g/mol. The molecule has 16 heavy (non-hydrogen) atoms. The molecule has 1 aromatic carbocycles. The molecule has 1 fully saturated rings. The SMILES string of the molecule is Fc1cccc(OCCCCNC2CC2)c1. The Labute approximate surface area is 95.8 Å². The first-order chi connectivity index (χ1) is 7.84. The van der Waals surface area contributed by atoms with Crippen molar-refractivity contribution < 1.29 is 9.13 Å². The lowest BCUT2D eigenvalue weighted by atomic mass is 10.3. The maximum absolute atomic E-state index is 12.8. The monoisotopic (exact) mass is 223 g/mol. The van der Waals surface area contributed by atoms with E-state index in [2.05, 4.69) is 5.32 Å². The normalized spacial score (nSPS) is 15.1. The largest absolute Gasteiger partial charge is 0.493 e. The van der Waals surface area contributed by atoms with Gasteiger partial charge in [-0.25, -0.2) is 4.39 Å². The molecular formula is C13H18FNO. The molecular weight excluding hydrogens is 205 g/mol. The lowest BCUT2D eigenvalue weighted by Crippen LogP contribution is -2.17. The molecule has 88 valence electrons. The zero-order valence-electron chi connectivity index (χ0n) is 9.42. The van der Waals surface area contributed by atoms with Crippen LogP contribution in [0.4, 0.5) is 4.39 Å². The third-order valence-electron chi connectivity index (χ3n) is 2.65. The Hall–Kier alpha value is -1.09. The van der Waals surface area contributed by atoms with E-state index in [-0.39, 0.29) is 5.82 Å². The predicted molar refractivity (Wildman–Crippen MR) is 62.2 cm³/mol. The van der Waals surface area contributed by atoms with Crippen molar-refractivity contribution in [1.82, 2.24) is 5.32 Å². The second kappa shape index (κ2) is 5.85. The smallest absolute Gasteiger partial charge is 0.126 e. The highest BCUT2D eigenvalue weighted by molar-refractivity contribution is 5.22. The molecule has 1 aliphatic rings. The number of rotatable bonds is 7. The van der Waals surface area contributed by atoms with Gasteiger partial charge in [-0.3, -0.25) is 0 Å². The summed E-state index contributed by atoms with van der Waals surface area (Å²) in [6.45, 7) is 1.73. The Balaban J connectivity index is 1.53. The predicted octanol–water partition coefficient (Wildman–Crippen LogP) is 2.74. The van der Waals surface area contributed by atoms with Crippen LogP contribution in [0.3, 0.4) is 0 Å². The van der Waals surface area contributed by atoms with Crippen LogP contribution in [0, 0.1) is 5.82 Å². The van der Waals surface area contributed by atoms with E-state index in [1.54, 1.807) is 12.1 Å². The second-order valence-electron chi connectivity index (χ2n) is 4.24. The summed E-state index contributed by atoms with van der Waals surface area (Å²) in [7, 11) is 0. The Morgan fingerprint density at radius 2 is 2.19 bits per heavy atom. The molecule has 1 saturated carbocycles. The van der Waals surface area contributed by atoms with Crippen LogP contribution in [0.15, 0.2) is 24.3 Å². The van der Waals surface area contributed by atoms with Gasteiger partial charge < -0.3 is 10.1 Å². The van der Waals surface area contributed by atoms with Crippen LogP contribution in [0.2, 0.25) is 0 Å². The number of hydrogen-bond donors (Lipinski definition) is 1. The summed E-state index contributed by atoms with van der Waals surface area (Å²) in [5.74, 6) is 0.378. The van der Waals surface area contributed by atoms with Crippen molar-refractivity contribution in [3.8, 4) is 5.75 Å². The van der Waals surface area contributed by atoms with Gasteiger partial charge in [0.25, 0.3) is 0 Å². The number of nitrogens with one attached hydrogen (secondary N) is 1. The van der Waals surface area contributed by atoms with Crippen LogP contribution in [0.1, 0.15) is 25.7 Å². The molecule has 0 aromatic heterocycles. The van der Waals surface area contributed by atoms with E-state index in [0.29, 0.717) is 12.4 Å². The van der Waals surface area contributed by atoms with Crippen molar-refractivity contribution in [2.45, 2.75) is 31.7 Å². The Bertz CT molecular complexity index is 325. The van der Waals surface area contributed by atoms with Gasteiger partial charge in [-0.15, -0.1) is 0 Å². The Morgan fingerprint density at radius 1 is 1.31 bits per heavy atom. The first-order valence-corrected chi connectivity index (χ1v) is 5.96. The van der Waals surface area contributed by atoms with Crippen molar-refractivity contribution >= 4 is 0 Å². The molecule has 1 aromatic rings. The van der Waals surface area contributed by atoms with E-state index in [1.807, 2.05) is 0 Å². The van der Waals surface area contributed by atoms with Crippen molar-refractivity contribution in [3.05, 3.63) is 30.1 Å². The van der Waals surface area contributed by atoms with E-state index in [1.165, 1.54) is 25.0 Å². The zero-order valence-corrected chi connectivity index (χ0v) is 9.42. The van der Waals surface area contributed by atoms with Crippen molar-refractivity contribution in [1.29, 1.82) is 0 Å². The Morgan fingerprint density at radius 3 is 2.94 bits per heavy atom. The fraction of sp³-hybridized carbons (Fsp3) is 0.538. The van der Waals surface area contributed by atoms with Gasteiger partial charge in [-0.1, -0.05) is 6.07 Å². The molecule has 0 radical (unpaired) electrons. The van der Waals surface area contributed by atoms with Gasteiger partial charge in [0.1, 0.15) is 11.6 Å². The van der Waals surface area contributed by atoms with Crippen LogP contribution in [0.5, 0.6) is 5.75 Å². The van der Waals surface area contributed by atoms with E-state index in [9.17, 15) is 4.39 Å². The maximum atomic E-state index is 12.8. The minimum absolute atomic E-state index is 0.243.